The second-order valence-corrected chi connectivity index (χ2v) is 3.66. The number of hydrogen-bond acceptors (Lipinski definition) is 4. The highest BCUT2D eigenvalue weighted by Gasteiger charge is 2.12. The highest BCUT2D eigenvalue weighted by Crippen LogP contribution is 2.23. The first kappa shape index (κ1) is 10.6. The molecule has 0 saturated carbocycles. The van der Waals surface area contributed by atoms with Gasteiger partial charge in [-0.1, -0.05) is 6.92 Å². The monoisotopic (exact) mass is 214 g/mol. The highest BCUT2D eigenvalue weighted by molar-refractivity contribution is 7.15. The van der Waals surface area contributed by atoms with Crippen LogP contribution in [0.5, 0.6) is 0 Å². The summed E-state index contributed by atoms with van der Waals surface area (Å²) >= 11 is 1.31. The van der Waals surface area contributed by atoms with Crippen LogP contribution in [-0.4, -0.2) is 22.5 Å². The Labute approximate surface area is 84.8 Å². The Morgan fingerprint density at radius 3 is 2.93 bits per heavy atom. The van der Waals surface area contributed by atoms with Crippen molar-refractivity contribution in [3.63, 3.8) is 0 Å². The van der Waals surface area contributed by atoms with Crippen molar-refractivity contribution in [1.29, 1.82) is 0 Å². The number of carbonyl (C=O) groups is 2. The third-order valence-electron chi connectivity index (χ3n) is 1.60. The van der Waals surface area contributed by atoms with Crippen LogP contribution in [0.25, 0.3) is 0 Å². The molecule has 1 heterocycles. The Morgan fingerprint density at radius 1 is 1.71 bits per heavy atom. The second-order valence-electron chi connectivity index (χ2n) is 2.58. The molecule has 0 unspecified atom stereocenters. The number of rotatable bonds is 5. The van der Waals surface area contributed by atoms with Crippen LogP contribution in [0.3, 0.4) is 0 Å². The third-order valence-corrected chi connectivity index (χ3v) is 2.77. The van der Waals surface area contributed by atoms with Gasteiger partial charge in [0.1, 0.15) is 0 Å². The predicted molar refractivity (Wildman–Crippen MR) is 52.5 cm³/mol. The maximum absolute atomic E-state index is 10.5. The molecule has 1 amide bonds. The van der Waals surface area contributed by atoms with E-state index in [2.05, 4.69) is 10.3 Å². The number of thiazole rings is 1. The first-order chi connectivity index (χ1) is 6.67. The van der Waals surface area contributed by atoms with Gasteiger partial charge in [-0.2, -0.15) is 0 Å². The lowest BCUT2D eigenvalue weighted by Crippen LogP contribution is -2.02. The zero-order valence-electron chi connectivity index (χ0n) is 7.61. The topological polar surface area (TPSA) is 79.3 Å². The SMILES string of the molecule is CCc1sc(NC=O)nc1CC(=O)O. The molecule has 0 fully saturated rings. The van der Waals surface area contributed by atoms with Crippen molar-refractivity contribution in [2.75, 3.05) is 5.32 Å². The Hall–Kier alpha value is -1.43. The summed E-state index contributed by atoms with van der Waals surface area (Å²) < 4.78 is 0. The molecule has 2 N–H and O–H groups in total. The van der Waals surface area contributed by atoms with Gasteiger partial charge in [0.05, 0.1) is 12.1 Å². The lowest BCUT2D eigenvalue weighted by atomic mass is 10.2. The number of amides is 1. The van der Waals surface area contributed by atoms with Crippen molar-refractivity contribution in [3.8, 4) is 0 Å². The molecule has 1 aromatic heterocycles. The number of nitrogens with zero attached hydrogens (tertiary/aromatic N) is 1. The average Bonchev–Trinajstić information content (AvgIpc) is 2.47. The number of carbonyl (C=O) groups excluding carboxylic acids is 1. The molecule has 0 radical (unpaired) electrons. The number of nitrogens with one attached hydrogen (secondary N) is 1. The van der Waals surface area contributed by atoms with Gasteiger partial charge in [-0.25, -0.2) is 4.98 Å². The van der Waals surface area contributed by atoms with Gasteiger partial charge in [0.2, 0.25) is 6.41 Å². The summed E-state index contributed by atoms with van der Waals surface area (Å²) in [6, 6.07) is 0. The fourth-order valence-corrected chi connectivity index (χ4v) is 1.93. The molecule has 14 heavy (non-hydrogen) atoms. The van der Waals surface area contributed by atoms with E-state index < -0.39 is 5.97 Å². The number of hydrogen-bond donors (Lipinski definition) is 2. The summed E-state index contributed by atoms with van der Waals surface area (Å²) in [6.45, 7) is 1.92. The number of carboxylic acids is 1. The Balaban J connectivity index is 2.89. The predicted octanol–water partition coefficient (Wildman–Crippen LogP) is 0.901. The van der Waals surface area contributed by atoms with Gasteiger partial charge in [-0.3, -0.25) is 9.59 Å². The maximum Gasteiger partial charge on any atom is 0.309 e. The second kappa shape index (κ2) is 4.71. The van der Waals surface area contributed by atoms with Gasteiger partial charge < -0.3 is 10.4 Å². The van der Waals surface area contributed by atoms with E-state index in [1.807, 2.05) is 6.92 Å². The molecule has 0 aliphatic rings. The first-order valence-electron chi connectivity index (χ1n) is 4.08. The van der Waals surface area contributed by atoms with E-state index in [9.17, 15) is 9.59 Å². The minimum Gasteiger partial charge on any atom is -0.481 e. The van der Waals surface area contributed by atoms with Gasteiger partial charge in [0, 0.05) is 4.88 Å². The summed E-state index contributed by atoms with van der Waals surface area (Å²) in [4.78, 5) is 25.5. The van der Waals surface area contributed by atoms with Crippen LogP contribution in [-0.2, 0) is 22.4 Å². The van der Waals surface area contributed by atoms with Crippen molar-refractivity contribution < 1.29 is 14.7 Å². The zero-order chi connectivity index (χ0) is 10.6. The van der Waals surface area contributed by atoms with Gasteiger partial charge in [0.15, 0.2) is 5.13 Å². The Kier molecular flexibility index (Phi) is 3.58. The molecule has 1 aromatic rings. The van der Waals surface area contributed by atoms with E-state index >= 15 is 0 Å². The zero-order valence-corrected chi connectivity index (χ0v) is 8.43. The van der Waals surface area contributed by atoms with E-state index in [0.717, 1.165) is 11.3 Å². The van der Waals surface area contributed by atoms with Crippen LogP contribution in [0.2, 0.25) is 0 Å². The quantitative estimate of drug-likeness (QED) is 0.714. The summed E-state index contributed by atoms with van der Waals surface area (Å²) in [6.07, 6.45) is 1.16. The van der Waals surface area contributed by atoms with Crippen molar-refractivity contribution >= 4 is 28.8 Å². The van der Waals surface area contributed by atoms with E-state index in [0.29, 0.717) is 17.2 Å². The molecule has 6 heteroatoms. The average molecular weight is 214 g/mol. The van der Waals surface area contributed by atoms with Crippen LogP contribution >= 0.6 is 11.3 Å². The van der Waals surface area contributed by atoms with Gasteiger partial charge >= 0.3 is 5.97 Å². The minimum atomic E-state index is -0.914. The molecule has 0 aromatic carbocycles. The number of aliphatic carboxylic acids is 1. The number of carboxylic acid groups (broad SMARTS) is 1. The van der Waals surface area contributed by atoms with Crippen LogP contribution in [0.1, 0.15) is 17.5 Å². The first-order valence-corrected chi connectivity index (χ1v) is 4.89. The van der Waals surface area contributed by atoms with Gasteiger partial charge in [-0.05, 0) is 6.42 Å². The highest BCUT2D eigenvalue weighted by atomic mass is 32.1. The molecular weight excluding hydrogens is 204 g/mol. The van der Waals surface area contributed by atoms with Gasteiger partial charge in [-0.15, -0.1) is 11.3 Å². The molecule has 0 aliphatic carbocycles. The maximum atomic E-state index is 10.5. The molecule has 0 aliphatic heterocycles. The lowest BCUT2D eigenvalue weighted by Gasteiger charge is -1.93. The third kappa shape index (κ3) is 2.53. The number of aryl methyl sites for hydroxylation is 1. The summed E-state index contributed by atoms with van der Waals surface area (Å²) in [5, 5.41) is 11.5. The van der Waals surface area contributed by atoms with Crippen molar-refractivity contribution in [2.45, 2.75) is 19.8 Å². The van der Waals surface area contributed by atoms with Crippen molar-refractivity contribution in [1.82, 2.24) is 4.98 Å². The largest absolute Gasteiger partial charge is 0.481 e. The van der Waals surface area contributed by atoms with Crippen LogP contribution in [0.4, 0.5) is 5.13 Å². The smallest absolute Gasteiger partial charge is 0.309 e. The van der Waals surface area contributed by atoms with Crippen LogP contribution < -0.4 is 5.32 Å². The van der Waals surface area contributed by atoms with E-state index in [4.69, 9.17) is 5.11 Å². The van der Waals surface area contributed by atoms with E-state index in [1.54, 1.807) is 0 Å². The molecular formula is C8H10N2O3S. The lowest BCUT2D eigenvalue weighted by molar-refractivity contribution is -0.136. The van der Waals surface area contributed by atoms with Gasteiger partial charge in [0.25, 0.3) is 0 Å². The molecule has 1 rings (SSSR count). The number of aromatic nitrogens is 1. The summed E-state index contributed by atoms with van der Waals surface area (Å²) in [5.74, 6) is -0.914. The molecule has 5 nitrogen and oxygen atoms in total. The van der Waals surface area contributed by atoms with Crippen molar-refractivity contribution in [3.05, 3.63) is 10.6 Å². The Bertz CT molecular complexity index is 348. The fourth-order valence-electron chi connectivity index (χ4n) is 1.05. The standard InChI is InChI=1S/C8H10N2O3S/c1-2-6-5(3-7(12)13)10-8(14-6)9-4-11/h4H,2-3H2,1H3,(H,12,13)(H,9,10,11). The normalized spacial score (nSPS) is 9.79. The summed E-state index contributed by atoms with van der Waals surface area (Å²) in [5.41, 5.74) is 0.536. The summed E-state index contributed by atoms with van der Waals surface area (Å²) in [7, 11) is 0. The molecule has 0 atom stereocenters. The molecule has 0 bridgehead atoms. The van der Waals surface area contributed by atoms with Crippen LogP contribution in [0.15, 0.2) is 0 Å². The van der Waals surface area contributed by atoms with E-state index in [1.165, 1.54) is 11.3 Å². The van der Waals surface area contributed by atoms with Crippen LogP contribution in [0, 0.1) is 0 Å². The molecule has 0 spiro atoms. The fraction of sp³-hybridized carbons (Fsp3) is 0.375. The minimum absolute atomic E-state index is 0.0970. The Morgan fingerprint density at radius 2 is 2.43 bits per heavy atom. The molecule has 0 saturated heterocycles. The molecule has 76 valence electrons. The number of anilines is 1. The van der Waals surface area contributed by atoms with E-state index in [-0.39, 0.29) is 6.42 Å². The van der Waals surface area contributed by atoms with Crippen molar-refractivity contribution in [2.24, 2.45) is 0 Å².